The highest BCUT2D eigenvalue weighted by Crippen LogP contribution is 2.32. The van der Waals surface area contributed by atoms with Crippen molar-refractivity contribution in [3.05, 3.63) is 102 Å². The van der Waals surface area contributed by atoms with Crippen LogP contribution in [0.1, 0.15) is 22.9 Å². The van der Waals surface area contributed by atoms with Crippen LogP contribution in [0.3, 0.4) is 0 Å². The topological polar surface area (TPSA) is 59.1 Å². The number of rotatable bonds is 5. The van der Waals surface area contributed by atoms with Gasteiger partial charge in [0.1, 0.15) is 5.82 Å². The molecule has 4 rings (SSSR count). The van der Waals surface area contributed by atoms with Gasteiger partial charge in [0.15, 0.2) is 9.84 Å². The molecule has 0 saturated carbocycles. The van der Waals surface area contributed by atoms with E-state index in [4.69, 9.17) is 0 Å². The highest BCUT2D eigenvalue weighted by atomic mass is 32.2. The smallest absolute Gasteiger partial charge is 0.175 e. The molecule has 1 atom stereocenters. The predicted molar refractivity (Wildman–Crippen MR) is 118 cm³/mol. The molecule has 1 aromatic heterocycles. The number of aryl methyl sites for hydroxylation is 1. The molecule has 0 bridgehead atoms. The summed E-state index contributed by atoms with van der Waals surface area (Å²) in [5.74, 6) is -0.341. The molecule has 1 heterocycles. The van der Waals surface area contributed by atoms with E-state index in [1.165, 1.54) is 18.4 Å². The molecule has 0 aliphatic carbocycles. The van der Waals surface area contributed by atoms with Crippen LogP contribution in [0.15, 0.2) is 83.8 Å². The first-order valence-corrected chi connectivity index (χ1v) is 11.4. The number of halogens is 1. The zero-order chi connectivity index (χ0) is 21.3. The van der Waals surface area contributed by atoms with Crippen LogP contribution in [0, 0.1) is 12.7 Å². The number of anilines is 1. The van der Waals surface area contributed by atoms with Crippen molar-refractivity contribution in [2.24, 2.45) is 0 Å². The Bertz CT molecular complexity index is 1320. The summed E-state index contributed by atoms with van der Waals surface area (Å²) in [6, 6.07) is 22.7. The summed E-state index contributed by atoms with van der Waals surface area (Å²) in [7, 11) is -3.35. The lowest BCUT2D eigenvalue weighted by molar-refractivity contribution is 0.601. The van der Waals surface area contributed by atoms with Crippen molar-refractivity contribution in [3.8, 4) is 0 Å². The largest absolute Gasteiger partial charge is 0.374 e. The Kier molecular flexibility index (Phi) is 5.26. The van der Waals surface area contributed by atoms with Crippen LogP contribution >= 0.6 is 0 Å². The Labute approximate surface area is 175 Å². The normalized spacial score (nSPS) is 12.6. The zero-order valence-electron chi connectivity index (χ0n) is 16.6. The van der Waals surface area contributed by atoms with Crippen LogP contribution in [0.2, 0.25) is 0 Å². The van der Waals surface area contributed by atoms with Gasteiger partial charge in [0, 0.05) is 23.0 Å². The second-order valence-corrected chi connectivity index (χ2v) is 9.32. The van der Waals surface area contributed by atoms with Crippen molar-refractivity contribution < 1.29 is 12.8 Å². The molecule has 6 heteroatoms. The summed E-state index contributed by atoms with van der Waals surface area (Å²) in [5, 5.41) is 4.17. The fourth-order valence-corrected chi connectivity index (χ4v) is 4.21. The number of nitrogens with zero attached hydrogens (tertiary/aromatic N) is 1. The average Bonchev–Trinajstić information content (AvgIpc) is 2.72. The van der Waals surface area contributed by atoms with E-state index >= 15 is 0 Å². The lowest BCUT2D eigenvalue weighted by Gasteiger charge is -2.23. The third-order valence-electron chi connectivity index (χ3n) is 4.95. The maximum absolute atomic E-state index is 14.0. The van der Waals surface area contributed by atoms with Gasteiger partial charge in [-0.25, -0.2) is 12.8 Å². The van der Waals surface area contributed by atoms with E-state index in [9.17, 15) is 12.8 Å². The molecule has 3 aromatic carbocycles. The van der Waals surface area contributed by atoms with Gasteiger partial charge >= 0.3 is 0 Å². The van der Waals surface area contributed by atoms with Crippen molar-refractivity contribution in [1.29, 1.82) is 0 Å². The molecular formula is C24H21FN2O2S. The maximum atomic E-state index is 14.0. The fourth-order valence-electron chi connectivity index (χ4n) is 3.53. The fraction of sp³-hybridized carbons (Fsp3) is 0.125. The number of hydrogen-bond acceptors (Lipinski definition) is 4. The van der Waals surface area contributed by atoms with Crippen LogP contribution in [-0.2, 0) is 9.84 Å². The number of pyridine rings is 1. The number of aromatic nitrogens is 1. The van der Waals surface area contributed by atoms with Gasteiger partial charge in [-0.05, 0) is 54.4 Å². The standard InChI is InChI=1S/C24H21FN2O2S/c1-16-13-23(21-15-19(25)11-12-22(21)26-16)27-24(17-7-4-3-5-8-17)18-9-6-10-20(14-18)30(2,28)29/h3-15,24H,1-2H3,(H,26,27). The number of sulfone groups is 1. The lowest BCUT2D eigenvalue weighted by Crippen LogP contribution is -2.14. The molecule has 0 aliphatic rings. The van der Waals surface area contributed by atoms with E-state index < -0.39 is 9.84 Å². The summed E-state index contributed by atoms with van der Waals surface area (Å²) in [4.78, 5) is 4.74. The molecule has 1 N–H and O–H groups in total. The number of nitrogens with one attached hydrogen (secondary N) is 1. The van der Waals surface area contributed by atoms with Crippen molar-refractivity contribution in [2.75, 3.05) is 11.6 Å². The monoisotopic (exact) mass is 420 g/mol. The second kappa shape index (κ2) is 7.88. The van der Waals surface area contributed by atoms with Gasteiger partial charge in [-0.2, -0.15) is 0 Å². The number of benzene rings is 3. The maximum Gasteiger partial charge on any atom is 0.175 e. The van der Waals surface area contributed by atoms with E-state index in [0.29, 0.717) is 10.9 Å². The SMILES string of the molecule is Cc1cc(NC(c2ccccc2)c2cccc(S(C)(=O)=O)c2)c2cc(F)ccc2n1. The van der Waals surface area contributed by atoms with Gasteiger partial charge in [0.25, 0.3) is 0 Å². The van der Waals surface area contributed by atoms with Gasteiger partial charge in [-0.3, -0.25) is 4.98 Å². The van der Waals surface area contributed by atoms with E-state index in [1.54, 1.807) is 24.3 Å². The Morgan fingerprint density at radius 1 is 0.900 bits per heavy atom. The first-order chi connectivity index (χ1) is 14.3. The van der Waals surface area contributed by atoms with Crippen molar-refractivity contribution in [2.45, 2.75) is 17.9 Å². The van der Waals surface area contributed by atoms with Gasteiger partial charge < -0.3 is 5.32 Å². The summed E-state index contributed by atoms with van der Waals surface area (Å²) in [6.07, 6.45) is 1.19. The van der Waals surface area contributed by atoms with Gasteiger partial charge in [0.05, 0.1) is 16.5 Å². The molecule has 0 aliphatic heterocycles. The van der Waals surface area contributed by atoms with Crippen molar-refractivity contribution in [3.63, 3.8) is 0 Å². The van der Waals surface area contributed by atoms with E-state index in [0.717, 1.165) is 22.5 Å². The van der Waals surface area contributed by atoms with Crippen LogP contribution in [0.25, 0.3) is 10.9 Å². The highest BCUT2D eigenvalue weighted by Gasteiger charge is 2.18. The molecule has 4 aromatic rings. The first-order valence-electron chi connectivity index (χ1n) is 9.50. The van der Waals surface area contributed by atoms with Crippen LogP contribution in [-0.4, -0.2) is 19.7 Å². The molecule has 152 valence electrons. The molecule has 0 amide bonds. The number of hydrogen-bond donors (Lipinski definition) is 1. The lowest BCUT2D eigenvalue weighted by atomic mass is 9.98. The third-order valence-corrected chi connectivity index (χ3v) is 6.06. The van der Waals surface area contributed by atoms with Gasteiger partial charge in [0.2, 0.25) is 0 Å². The summed E-state index contributed by atoms with van der Waals surface area (Å²) >= 11 is 0. The number of fused-ring (bicyclic) bond motifs is 1. The molecule has 0 fully saturated rings. The van der Waals surface area contributed by atoms with Gasteiger partial charge in [-0.1, -0.05) is 42.5 Å². The molecule has 0 radical (unpaired) electrons. The molecule has 0 spiro atoms. The Hall–Kier alpha value is -3.25. The molecule has 4 nitrogen and oxygen atoms in total. The Morgan fingerprint density at radius 3 is 2.37 bits per heavy atom. The van der Waals surface area contributed by atoms with E-state index in [1.807, 2.05) is 49.4 Å². The van der Waals surface area contributed by atoms with Crippen LogP contribution < -0.4 is 5.32 Å². The zero-order valence-corrected chi connectivity index (χ0v) is 17.4. The van der Waals surface area contributed by atoms with E-state index in [-0.39, 0.29) is 16.8 Å². The minimum absolute atomic E-state index is 0.254. The Balaban J connectivity index is 1.88. The third kappa shape index (κ3) is 4.19. The minimum atomic E-state index is -3.35. The van der Waals surface area contributed by atoms with Crippen molar-refractivity contribution >= 4 is 26.4 Å². The summed E-state index contributed by atoms with van der Waals surface area (Å²) in [5.41, 5.74) is 3.98. The van der Waals surface area contributed by atoms with Crippen molar-refractivity contribution in [1.82, 2.24) is 4.98 Å². The molecular weight excluding hydrogens is 399 g/mol. The molecule has 0 saturated heterocycles. The van der Waals surface area contributed by atoms with E-state index in [2.05, 4.69) is 10.3 Å². The van der Waals surface area contributed by atoms with Crippen LogP contribution in [0.4, 0.5) is 10.1 Å². The second-order valence-electron chi connectivity index (χ2n) is 7.31. The summed E-state index contributed by atoms with van der Waals surface area (Å²) in [6.45, 7) is 1.88. The first kappa shape index (κ1) is 20.0. The van der Waals surface area contributed by atoms with Gasteiger partial charge in [-0.15, -0.1) is 0 Å². The molecule has 1 unspecified atom stereocenters. The average molecular weight is 421 g/mol. The predicted octanol–water partition coefficient (Wildman–Crippen LogP) is 5.29. The quantitative estimate of drug-likeness (QED) is 0.477. The summed E-state index contributed by atoms with van der Waals surface area (Å²) < 4.78 is 38.1. The Morgan fingerprint density at radius 2 is 1.63 bits per heavy atom. The highest BCUT2D eigenvalue weighted by molar-refractivity contribution is 7.90. The molecule has 30 heavy (non-hydrogen) atoms. The minimum Gasteiger partial charge on any atom is -0.374 e. The van der Waals surface area contributed by atoms with Crippen LogP contribution in [0.5, 0.6) is 0 Å².